The van der Waals surface area contributed by atoms with Crippen molar-refractivity contribution < 1.29 is 43.4 Å². The Morgan fingerprint density at radius 3 is 1.30 bits per heavy atom. The number of rotatable bonds is 19. The van der Waals surface area contributed by atoms with Gasteiger partial charge in [0.05, 0.1) is 13.2 Å². The van der Waals surface area contributed by atoms with Crippen molar-refractivity contribution in [3.8, 4) is 6.01 Å². The van der Waals surface area contributed by atoms with Crippen LogP contribution in [0.15, 0.2) is 225 Å². The number of esters is 2. The van der Waals surface area contributed by atoms with E-state index in [1.807, 2.05) is 188 Å². The summed E-state index contributed by atoms with van der Waals surface area (Å²) in [5.41, 5.74) is 22.3. The lowest BCUT2D eigenvalue weighted by atomic mass is 9.91. The molecule has 15 aromatic rings. The summed E-state index contributed by atoms with van der Waals surface area (Å²) in [4.78, 5) is 105. The number of anilines is 9. The molecule has 1 fully saturated rings. The molecular formula is C81H69Cl4N21O9. The van der Waals surface area contributed by atoms with Crippen LogP contribution in [0.3, 0.4) is 0 Å². The van der Waals surface area contributed by atoms with Crippen molar-refractivity contribution in [3.63, 3.8) is 0 Å². The molecule has 30 nitrogen and oxygen atoms in total. The Balaban J connectivity index is 0.000000136. The van der Waals surface area contributed by atoms with Crippen LogP contribution in [0.2, 0.25) is 21.0 Å². The van der Waals surface area contributed by atoms with Crippen LogP contribution >= 0.6 is 46.4 Å². The molecule has 12 N–H and O–H groups in total. The summed E-state index contributed by atoms with van der Waals surface area (Å²) in [5.74, 6) is -1.86. The average Bonchev–Trinajstić information content (AvgIpc) is 1.23. The van der Waals surface area contributed by atoms with Crippen LogP contribution in [-0.2, 0) is 9.47 Å². The van der Waals surface area contributed by atoms with E-state index >= 15 is 0 Å². The van der Waals surface area contributed by atoms with Crippen LogP contribution in [-0.4, -0.2) is 125 Å². The SMILES string of the molecule is CCOC(=O)c1cnc(Cl)nc1Cl.CCOC(=O)c1cnc(Cl)nc1Nc1ccc2ccccc2c1.NC(=O)c1cnc(N[C@@H]2CCCC[C@@H]2N)nc1Nc1ccc2ccccc2c1.NC(=O)c1cnc(On2nnc3ccccc32)nc1Nc1ccc2ccccc2c1.O=C(O)c1cnc(Cl)nc1Nc1ccc2ccccc2c1. The lowest BCUT2D eigenvalue weighted by Crippen LogP contribution is -2.43. The lowest BCUT2D eigenvalue weighted by Gasteiger charge is -2.29. The van der Waals surface area contributed by atoms with Gasteiger partial charge in [-0.25, -0.2) is 44.3 Å². The fraction of sp³-hybridized carbons (Fsp3) is 0.123. The number of aromatic carboxylic acids is 1. The van der Waals surface area contributed by atoms with Crippen LogP contribution in [0.1, 0.15) is 91.3 Å². The number of nitrogens with zero attached hydrogens (tertiary/aromatic N) is 13. The van der Waals surface area contributed by atoms with Crippen molar-refractivity contribution in [1.29, 1.82) is 0 Å². The van der Waals surface area contributed by atoms with Gasteiger partial charge in [0.15, 0.2) is 5.82 Å². The highest BCUT2D eigenvalue weighted by Gasteiger charge is 2.25. The molecule has 580 valence electrons. The molecule has 0 bridgehead atoms. The number of hydrogen-bond donors (Lipinski definition) is 9. The molecular weight excluding hydrogens is 1550 g/mol. The molecule has 6 aromatic heterocycles. The quantitative estimate of drug-likeness (QED) is 0.0206. The van der Waals surface area contributed by atoms with Crippen LogP contribution in [0.5, 0.6) is 6.01 Å². The highest BCUT2D eigenvalue weighted by Crippen LogP contribution is 2.31. The third kappa shape index (κ3) is 21.4. The number of carbonyl (C=O) groups is 5. The van der Waals surface area contributed by atoms with E-state index in [4.69, 9.17) is 83.0 Å². The Kier molecular flexibility index (Phi) is 26.9. The Hall–Kier alpha value is -13.9. The van der Waals surface area contributed by atoms with Gasteiger partial charge in [0.1, 0.15) is 61.5 Å². The molecule has 16 rings (SSSR count). The molecule has 9 aromatic carbocycles. The summed E-state index contributed by atoms with van der Waals surface area (Å²) in [5, 5.41) is 41.6. The van der Waals surface area contributed by atoms with E-state index in [0.717, 1.165) is 91.5 Å². The maximum absolute atomic E-state index is 12.0. The minimum absolute atomic E-state index is 0.00144. The topological polar surface area (TPSA) is 431 Å². The van der Waals surface area contributed by atoms with E-state index in [1.165, 1.54) is 35.8 Å². The van der Waals surface area contributed by atoms with Crippen LogP contribution in [0.25, 0.3) is 54.1 Å². The highest BCUT2D eigenvalue weighted by atomic mass is 35.5. The molecule has 2 amide bonds. The Labute approximate surface area is 675 Å². The van der Waals surface area contributed by atoms with E-state index in [1.54, 1.807) is 19.9 Å². The second kappa shape index (κ2) is 38.3. The summed E-state index contributed by atoms with van der Waals surface area (Å²) in [6.07, 6.45) is 10.8. The normalized spacial score (nSPS) is 12.7. The number of nitrogens with one attached hydrogen (secondary N) is 5. The summed E-state index contributed by atoms with van der Waals surface area (Å²) in [6.45, 7) is 3.99. The van der Waals surface area contributed by atoms with Crippen LogP contribution < -0.4 is 48.6 Å². The van der Waals surface area contributed by atoms with Crippen LogP contribution in [0.4, 0.5) is 52.0 Å². The molecule has 6 heterocycles. The molecule has 34 heteroatoms. The third-order valence-electron chi connectivity index (χ3n) is 17.2. The minimum Gasteiger partial charge on any atom is -0.477 e. The molecule has 1 aliphatic rings. The summed E-state index contributed by atoms with van der Waals surface area (Å²) >= 11 is 22.6. The number of carboxylic acid groups (broad SMARTS) is 1. The molecule has 0 unspecified atom stereocenters. The summed E-state index contributed by atoms with van der Waals surface area (Å²) in [7, 11) is 0. The monoisotopic (exact) mass is 1620 g/mol. The number of amides is 2. The van der Waals surface area contributed by atoms with Gasteiger partial charge >= 0.3 is 23.9 Å². The fourth-order valence-electron chi connectivity index (χ4n) is 11.6. The van der Waals surface area contributed by atoms with Crippen molar-refractivity contribution in [2.45, 2.75) is 51.6 Å². The minimum atomic E-state index is -1.12. The number of carboxylic acids is 1. The zero-order valence-corrected chi connectivity index (χ0v) is 64.1. The first-order valence-corrected chi connectivity index (χ1v) is 36.9. The molecule has 1 saturated carbocycles. The van der Waals surface area contributed by atoms with Gasteiger partial charge in [0.25, 0.3) is 11.8 Å². The zero-order valence-electron chi connectivity index (χ0n) is 61.0. The first-order valence-electron chi connectivity index (χ1n) is 35.4. The van der Waals surface area contributed by atoms with Crippen molar-refractivity contribution in [1.82, 2.24) is 65.0 Å². The van der Waals surface area contributed by atoms with Gasteiger partial charge in [0, 0.05) is 65.8 Å². The molecule has 1 aliphatic carbocycles. The number of benzene rings is 9. The molecule has 0 radical (unpaired) electrons. The van der Waals surface area contributed by atoms with E-state index in [9.17, 15) is 24.0 Å². The number of nitrogens with two attached hydrogens (primary N) is 3. The molecule has 2 atom stereocenters. The van der Waals surface area contributed by atoms with Gasteiger partial charge in [-0.1, -0.05) is 163 Å². The number of fused-ring (bicyclic) bond motifs is 5. The number of aromatic nitrogens is 13. The number of halogens is 4. The Morgan fingerprint density at radius 1 is 0.452 bits per heavy atom. The summed E-state index contributed by atoms with van der Waals surface area (Å²) < 4.78 is 9.72. The number of ether oxygens (including phenoxy) is 2. The third-order valence-corrected chi connectivity index (χ3v) is 18.0. The second-order valence-electron chi connectivity index (χ2n) is 25.0. The van der Waals surface area contributed by atoms with E-state index < -0.39 is 29.7 Å². The van der Waals surface area contributed by atoms with Crippen molar-refractivity contribution in [2.24, 2.45) is 17.2 Å². The van der Waals surface area contributed by atoms with Crippen molar-refractivity contribution >= 4 is 182 Å². The lowest BCUT2D eigenvalue weighted by molar-refractivity contribution is 0.0516. The van der Waals surface area contributed by atoms with Crippen molar-refractivity contribution in [3.05, 3.63) is 274 Å². The summed E-state index contributed by atoms with van der Waals surface area (Å²) in [6, 6.07) is 62.8. The number of hydrogen-bond acceptors (Lipinski definition) is 26. The predicted molar refractivity (Wildman–Crippen MR) is 442 cm³/mol. The van der Waals surface area contributed by atoms with Gasteiger partial charge in [0.2, 0.25) is 21.8 Å². The van der Waals surface area contributed by atoms with Gasteiger partial charge in [-0.3, -0.25) is 9.59 Å². The Morgan fingerprint density at radius 2 is 0.843 bits per heavy atom. The zero-order chi connectivity index (χ0) is 80.9. The van der Waals surface area contributed by atoms with Crippen molar-refractivity contribution in [2.75, 3.05) is 39.8 Å². The van der Waals surface area contributed by atoms with E-state index in [0.29, 0.717) is 28.6 Å². The van der Waals surface area contributed by atoms with Crippen LogP contribution in [0, 0.1) is 0 Å². The maximum atomic E-state index is 12.0. The van der Waals surface area contributed by atoms with E-state index in [2.05, 4.69) is 86.7 Å². The maximum Gasteiger partial charge on any atom is 0.347 e. The molecule has 0 saturated heterocycles. The standard InChI is InChI=1S/C21H15N7O2.C21H24N6O.C17H14ClN3O2.C15H10ClN3O2.C7H6Cl2N2O2/c22-19(29)16-12-23-21(30-28-18-8-4-3-7-17(18)26-27-28)25-20(16)24-15-10-9-13-5-1-2-6-14(13)11-15;22-17-7-3-4-8-18(17)26-21-24-12-16(19(23)28)20(27-21)25-15-10-9-13-5-1-2-6-14(13)11-15;1-2-23-16(22)14-10-19-17(18)21-15(14)20-13-8-7-11-5-3-4-6-12(11)9-13;16-15-17-8-12(14(20)21)13(19-15)18-11-6-5-9-3-1-2-4-10(9)7-11;1-2-13-6(12)4-3-10-7(9)11-5(4)8/h1-12H,(H2,22,29)(H,23,24,25);1-2,5-6,9-12,17-18H,3-4,7-8,22H2,(H2,23,28)(H2,24,25,26,27);3-10H,2H2,1H3,(H,19,20,21);1-8H,(H,20,21)(H,17,18,19);3H,2H2,1H3/t;17-,18+;;;/m.0.../s1. The number of carbonyl (C=O) groups excluding carboxylic acids is 4. The first kappa shape index (κ1) is 80.6. The average molecular weight is 1620 g/mol. The fourth-order valence-corrected chi connectivity index (χ4v) is 12.3. The van der Waals surface area contributed by atoms with Gasteiger partial charge in [-0.2, -0.15) is 19.9 Å². The molecule has 0 aliphatic heterocycles. The molecule has 115 heavy (non-hydrogen) atoms. The smallest absolute Gasteiger partial charge is 0.347 e. The first-order chi connectivity index (χ1) is 55.7. The molecule has 0 spiro atoms. The number of primary amides is 2. The Bertz CT molecular complexity index is 6070. The number of para-hydroxylation sites is 1. The van der Waals surface area contributed by atoms with Gasteiger partial charge < -0.3 is 63.2 Å². The van der Waals surface area contributed by atoms with E-state index in [-0.39, 0.29) is 91.8 Å². The second-order valence-corrected chi connectivity index (χ2v) is 26.4. The predicted octanol–water partition coefficient (Wildman–Crippen LogP) is 16.1. The van der Waals surface area contributed by atoms with Gasteiger partial charge in [-0.05, 0) is 170 Å². The largest absolute Gasteiger partial charge is 0.477 e. The van der Waals surface area contributed by atoms with Gasteiger partial charge in [-0.15, -0.1) is 5.10 Å². The highest BCUT2D eigenvalue weighted by molar-refractivity contribution is 6.34.